The minimum atomic E-state index is 0.146. The first kappa shape index (κ1) is 21.3. The molecule has 2 nitrogen and oxygen atoms in total. The van der Waals surface area contributed by atoms with Crippen molar-refractivity contribution in [2.24, 2.45) is 0 Å². The lowest BCUT2D eigenvalue weighted by molar-refractivity contribution is 0.932. The molecular formula is C36H21N2S2+. The Morgan fingerprint density at radius 3 is 2.15 bits per heavy atom. The van der Waals surface area contributed by atoms with E-state index in [1.807, 2.05) is 22.7 Å². The fourth-order valence-electron chi connectivity index (χ4n) is 7.03. The zero-order valence-corrected chi connectivity index (χ0v) is 23.0. The molecule has 1 aliphatic carbocycles. The Bertz CT molecular complexity index is 2350. The molecule has 4 heteroatoms. The second-order valence-electron chi connectivity index (χ2n) is 10.7. The Morgan fingerprint density at radius 2 is 1.30 bits per heavy atom. The maximum absolute atomic E-state index is 2.58. The maximum atomic E-state index is 2.58. The fraction of sp³-hybridized carbons (Fsp3) is 0.0278. The van der Waals surface area contributed by atoms with Crippen molar-refractivity contribution in [1.82, 2.24) is 4.58 Å². The van der Waals surface area contributed by atoms with E-state index in [1.54, 1.807) is 0 Å². The van der Waals surface area contributed by atoms with E-state index < -0.39 is 0 Å². The van der Waals surface area contributed by atoms with Crippen LogP contribution in [0.4, 0.5) is 22.7 Å². The van der Waals surface area contributed by atoms with Crippen molar-refractivity contribution in [3.8, 4) is 0 Å². The van der Waals surface area contributed by atoms with Crippen LogP contribution in [-0.2, 0) is 0 Å². The molecule has 0 radical (unpaired) electrons. The first-order valence-corrected chi connectivity index (χ1v) is 15.3. The molecule has 5 aromatic carbocycles. The first-order chi connectivity index (χ1) is 19.8. The van der Waals surface area contributed by atoms with Crippen LogP contribution in [0.15, 0.2) is 121 Å². The number of para-hydroxylation sites is 2. The molecule has 186 valence electrons. The third kappa shape index (κ3) is 2.65. The van der Waals surface area contributed by atoms with E-state index in [-0.39, 0.29) is 6.04 Å². The lowest BCUT2D eigenvalue weighted by atomic mass is 9.91. The third-order valence-electron chi connectivity index (χ3n) is 8.70. The van der Waals surface area contributed by atoms with Crippen LogP contribution in [0, 0.1) is 0 Å². The molecule has 10 rings (SSSR count). The summed E-state index contributed by atoms with van der Waals surface area (Å²) >= 11 is 3.77. The van der Waals surface area contributed by atoms with Crippen molar-refractivity contribution >= 4 is 97.1 Å². The molecular weight excluding hydrogens is 525 g/mol. The molecule has 7 aromatic rings. The Kier molecular flexibility index (Phi) is 4.04. The highest BCUT2D eigenvalue weighted by Crippen LogP contribution is 2.54. The number of nitrogens with zero attached hydrogens (tertiary/aromatic N) is 2. The van der Waals surface area contributed by atoms with E-state index in [4.69, 9.17) is 0 Å². The van der Waals surface area contributed by atoms with Gasteiger partial charge >= 0.3 is 0 Å². The molecule has 3 aliphatic rings. The van der Waals surface area contributed by atoms with Gasteiger partial charge in [-0.3, -0.25) is 0 Å². The zero-order valence-electron chi connectivity index (χ0n) is 21.3. The van der Waals surface area contributed by atoms with Crippen molar-refractivity contribution < 1.29 is 0 Å². The van der Waals surface area contributed by atoms with Gasteiger partial charge in [-0.25, -0.2) is 0 Å². The van der Waals surface area contributed by atoms with Gasteiger partial charge in [-0.05, 0) is 42.0 Å². The first-order valence-electron chi connectivity index (χ1n) is 13.6. The summed E-state index contributed by atoms with van der Waals surface area (Å²) in [5, 5.41) is 5.37. The Labute approximate surface area is 238 Å². The Morgan fingerprint density at radius 1 is 0.600 bits per heavy atom. The zero-order chi connectivity index (χ0) is 25.9. The Balaban J connectivity index is 1.26. The van der Waals surface area contributed by atoms with Gasteiger partial charge in [-0.15, -0.1) is 22.7 Å². The summed E-state index contributed by atoms with van der Waals surface area (Å²) in [5.41, 5.74) is 9.04. The number of thiophene rings is 2. The van der Waals surface area contributed by atoms with Crippen LogP contribution in [-0.4, -0.2) is 11.8 Å². The second-order valence-corrected chi connectivity index (χ2v) is 12.9. The molecule has 1 unspecified atom stereocenters. The fourth-order valence-corrected chi connectivity index (χ4v) is 9.24. The number of allylic oxidation sites excluding steroid dienone is 2. The summed E-state index contributed by atoms with van der Waals surface area (Å²) in [5.74, 6) is 0. The molecule has 2 aromatic heterocycles. The number of hydrogen-bond acceptors (Lipinski definition) is 3. The summed E-state index contributed by atoms with van der Waals surface area (Å²) in [6, 6.07) is 38.5. The van der Waals surface area contributed by atoms with Crippen LogP contribution in [0.25, 0.3) is 45.9 Å². The van der Waals surface area contributed by atoms with Gasteiger partial charge in [0.2, 0.25) is 17.1 Å². The molecule has 4 heterocycles. The van der Waals surface area contributed by atoms with Crippen LogP contribution < -0.4 is 9.48 Å². The van der Waals surface area contributed by atoms with E-state index in [2.05, 4.69) is 131 Å². The second kappa shape index (κ2) is 7.57. The van der Waals surface area contributed by atoms with Crippen LogP contribution in [0.5, 0.6) is 0 Å². The van der Waals surface area contributed by atoms with E-state index in [0.29, 0.717) is 0 Å². The molecule has 0 N–H and O–H groups in total. The van der Waals surface area contributed by atoms with Crippen LogP contribution >= 0.6 is 22.7 Å². The number of benzene rings is 5. The van der Waals surface area contributed by atoms with Crippen LogP contribution in [0.2, 0.25) is 0 Å². The summed E-state index contributed by atoms with van der Waals surface area (Å²) in [6.45, 7) is 0. The maximum Gasteiger partial charge on any atom is 0.235 e. The van der Waals surface area contributed by atoms with E-state index in [0.717, 1.165) is 0 Å². The minimum absolute atomic E-state index is 0.146. The molecule has 0 fully saturated rings. The predicted molar refractivity (Wildman–Crippen MR) is 175 cm³/mol. The highest BCUT2D eigenvalue weighted by Gasteiger charge is 2.48. The van der Waals surface area contributed by atoms with E-state index in [1.165, 1.54) is 79.9 Å². The van der Waals surface area contributed by atoms with Crippen molar-refractivity contribution in [3.63, 3.8) is 0 Å². The van der Waals surface area contributed by atoms with Crippen molar-refractivity contribution in [3.05, 3.63) is 127 Å². The third-order valence-corrected chi connectivity index (χ3v) is 11.0. The quantitative estimate of drug-likeness (QED) is 0.186. The average molecular weight is 546 g/mol. The SMILES string of the molecule is C1=CC2=[N+](c3ccc4sc5ccccc5c4c3)c3ccccc3N3c4cc5sc6ccccc6c5cc4C(=C1)C23. The highest BCUT2D eigenvalue weighted by molar-refractivity contribution is 7.26. The molecule has 2 aliphatic heterocycles. The van der Waals surface area contributed by atoms with Gasteiger partial charge in [0.25, 0.3) is 0 Å². The monoisotopic (exact) mass is 545 g/mol. The van der Waals surface area contributed by atoms with Crippen molar-refractivity contribution in [2.75, 3.05) is 4.90 Å². The highest BCUT2D eigenvalue weighted by atomic mass is 32.1. The summed E-state index contributed by atoms with van der Waals surface area (Å²) in [4.78, 5) is 2.58. The van der Waals surface area contributed by atoms with Crippen molar-refractivity contribution in [2.45, 2.75) is 6.04 Å². The number of fused-ring (bicyclic) bond motifs is 11. The average Bonchev–Trinajstić information content (AvgIpc) is 3.66. The number of anilines is 2. The largest absolute Gasteiger partial charge is 0.318 e. The van der Waals surface area contributed by atoms with Gasteiger partial charge in [0, 0.05) is 70.2 Å². The molecule has 0 saturated carbocycles. The van der Waals surface area contributed by atoms with Crippen LogP contribution in [0.3, 0.4) is 0 Å². The minimum Gasteiger partial charge on any atom is -0.318 e. The van der Waals surface area contributed by atoms with E-state index >= 15 is 0 Å². The van der Waals surface area contributed by atoms with Gasteiger partial charge in [0.1, 0.15) is 11.7 Å². The topological polar surface area (TPSA) is 6.25 Å². The Hall–Kier alpha value is -4.51. The summed E-state index contributed by atoms with van der Waals surface area (Å²) in [6.07, 6.45) is 6.88. The molecule has 0 amide bonds. The van der Waals surface area contributed by atoms with E-state index in [9.17, 15) is 0 Å². The lowest BCUT2D eigenvalue weighted by Crippen LogP contribution is -2.43. The van der Waals surface area contributed by atoms with Crippen LogP contribution in [0.1, 0.15) is 5.56 Å². The van der Waals surface area contributed by atoms with Crippen molar-refractivity contribution in [1.29, 1.82) is 0 Å². The summed E-state index contributed by atoms with van der Waals surface area (Å²) < 4.78 is 7.87. The molecule has 0 saturated heterocycles. The molecule has 0 bridgehead atoms. The number of hydrogen-bond donors (Lipinski definition) is 0. The molecule has 40 heavy (non-hydrogen) atoms. The van der Waals surface area contributed by atoms with Gasteiger partial charge in [0.05, 0.1) is 5.69 Å². The van der Waals surface area contributed by atoms with Gasteiger partial charge in [-0.2, -0.15) is 4.58 Å². The lowest BCUT2D eigenvalue weighted by Gasteiger charge is -2.32. The normalized spacial score (nSPS) is 17.1. The number of rotatable bonds is 1. The van der Waals surface area contributed by atoms with Gasteiger partial charge in [-0.1, -0.05) is 60.7 Å². The molecule has 0 spiro atoms. The predicted octanol–water partition coefficient (Wildman–Crippen LogP) is 10.2. The smallest absolute Gasteiger partial charge is 0.235 e. The van der Waals surface area contributed by atoms with Gasteiger partial charge < -0.3 is 4.90 Å². The standard InChI is InChI=1S/C36H21N2S2/c1-5-14-32-22(8-1)26-18-21(16-17-34(26)39-32)37-28-11-3-4-12-29(28)38-31-20-35-27(23-9-2-6-15-33(23)40-35)19-25(31)24-10-7-13-30(37)36(24)38/h1-20,36H/q+1. The molecule has 1 atom stereocenters. The van der Waals surface area contributed by atoms with Gasteiger partial charge in [0.15, 0.2) is 0 Å². The summed E-state index contributed by atoms with van der Waals surface area (Å²) in [7, 11) is 0.